The monoisotopic (exact) mass is 128 g/mol. The average Bonchev–Trinajstić information content (AvgIpc) is 2.33. The van der Waals surface area contributed by atoms with E-state index in [9.17, 15) is 0 Å². The Morgan fingerprint density at radius 3 is 2.78 bits per heavy atom. The van der Waals surface area contributed by atoms with Crippen LogP contribution in [-0.2, 0) is 0 Å². The van der Waals surface area contributed by atoms with Crippen molar-refractivity contribution in [2.45, 2.75) is 25.3 Å². The summed E-state index contributed by atoms with van der Waals surface area (Å²) in [6.45, 7) is 0.853. The number of rotatable bonds is 2. The van der Waals surface area contributed by atoms with Gasteiger partial charge in [0.15, 0.2) is 0 Å². The number of hydrogen-bond acceptors (Lipinski definition) is 2. The van der Waals surface area contributed by atoms with Gasteiger partial charge in [0.05, 0.1) is 0 Å². The first kappa shape index (κ1) is 7.03. The van der Waals surface area contributed by atoms with Gasteiger partial charge in [-0.25, -0.2) is 0 Å². The average molecular weight is 128 g/mol. The second-order valence-corrected chi connectivity index (χ2v) is 2.82. The summed E-state index contributed by atoms with van der Waals surface area (Å²) < 4.78 is 0. The molecule has 0 bridgehead atoms. The zero-order chi connectivity index (χ0) is 6.69. The molecule has 2 nitrogen and oxygen atoms in total. The predicted molar refractivity (Wildman–Crippen MR) is 39.2 cm³/mol. The molecule has 0 radical (unpaired) electrons. The molecule has 9 heavy (non-hydrogen) atoms. The van der Waals surface area contributed by atoms with Crippen LogP contribution in [-0.4, -0.2) is 19.6 Å². The van der Waals surface area contributed by atoms with Gasteiger partial charge in [-0.2, -0.15) is 0 Å². The summed E-state index contributed by atoms with van der Waals surface area (Å²) in [6, 6.07) is 0.704. The molecular formula is C7H16N2. The van der Waals surface area contributed by atoms with Gasteiger partial charge >= 0.3 is 0 Å². The first-order valence-corrected chi connectivity index (χ1v) is 3.76. The molecule has 0 aromatic heterocycles. The molecule has 1 saturated carbocycles. The highest BCUT2D eigenvalue weighted by molar-refractivity contribution is 4.82. The summed E-state index contributed by atoms with van der Waals surface area (Å²) in [6.07, 6.45) is 3.99. The van der Waals surface area contributed by atoms with E-state index in [1.807, 2.05) is 7.05 Å². The van der Waals surface area contributed by atoms with E-state index in [1.54, 1.807) is 0 Å². The molecule has 54 valence electrons. The quantitative estimate of drug-likeness (QED) is 0.562. The molecule has 3 N–H and O–H groups in total. The van der Waals surface area contributed by atoms with Gasteiger partial charge < -0.3 is 11.1 Å². The Morgan fingerprint density at radius 1 is 1.56 bits per heavy atom. The molecule has 0 saturated heterocycles. The first-order chi connectivity index (χ1) is 4.38. The minimum Gasteiger partial charge on any atom is -0.330 e. The van der Waals surface area contributed by atoms with Crippen LogP contribution < -0.4 is 11.1 Å². The molecule has 0 amide bonds. The zero-order valence-corrected chi connectivity index (χ0v) is 6.06. The predicted octanol–water partition coefficient (Wildman–Crippen LogP) is 0.333. The highest BCUT2D eigenvalue weighted by atomic mass is 14.9. The van der Waals surface area contributed by atoms with Crippen LogP contribution in [0, 0.1) is 5.92 Å². The van der Waals surface area contributed by atoms with Gasteiger partial charge in [-0.1, -0.05) is 6.42 Å². The van der Waals surface area contributed by atoms with Crippen LogP contribution >= 0.6 is 0 Å². The second-order valence-electron chi connectivity index (χ2n) is 2.82. The Morgan fingerprint density at radius 2 is 2.33 bits per heavy atom. The number of nitrogens with two attached hydrogens (primary N) is 1. The molecule has 1 fully saturated rings. The van der Waals surface area contributed by atoms with E-state index in [1.165, 1.54) is 19.3 Å². The highest BCUT2D eigenvalue weighted by Crippen LogP contribution is 2.23. The minimum atomic E-state index is 0.704. The molecule has 2 atom stereocenters. The van der Waals surface area contributed by atoms with Gasteiger partial charge in [0.25, 0.3) is 0 Å². The van der Waals surface area contributed by atoms with E-state index in [-0.39, 0.29) is 0 Å². The van der Waals surface area contributed by atoms with Crippen LogP contribution in [0.15, 0.2) is 0 Å². The molecule has 1 aliphatic rings. The molecule has 1 aliphatic carbocycles. The van der Waals surface area contributed by atoms with Crippen LogP contribution in [0.4, 0.5) is 0 Å². The van der Waals surface area contributed by atoms with E-state index >= 15 is 0 Å². The van der Waals surface area contributed by atoms with Gasteiger partial charge in [0.1, 0.15) is 0 Å². The molecule has 0 heterocycles. The van der Waals surface area contributed by atoms with E-state index in [2.05, 4.69) is 5.32 Å². The van der Waals surface area contributed by atoms with Crippen molar-refractivity contribution >= 4 is 0 Å². The van der Waals surface area contributed by atoms with E-state index in [4.69, 9.17) is 5.73 Å². The summed E-state index contributed by atoms with van der Waals surface area (Å²) in [7, 11) is 2.03. The lowest BCUT2D eigenvalue weighted by Gasteiger charge is -2.15. The van der Waals surface area contributed by atoms with Gasteiger partial charge in [0, 0.05) is 6.04 Å². The lowest BCUT2D eigenvalue weighted by atomic mass is 10.1. The van der Waals surface area contributed by atoms with Crippen molar-refractivity contribution in [3.63, 3.8) is 0 Å². The Bertz CT molecular complexity index is 73.0. The highest BCUT2D eigenvalue weighted by Gasteiger charge is 2.23. The van der Waals surface area contributed by atoms with Crippen LogP contribution in [0.3, 0.4) is 0 Å². The topological polar surface area (TPSA) is 38.0 Å². The lowest BCUT2D eigenvalue weighted by molar-refractivity contribution is 0.434. The smallest absolute Gasteiger partial charge is 0.0104 e. The largest absolute Gasteiger partial charge is 0.330 e. The van der Waals surface area contributed by atoms with Crippen molar-refractivity contribution < 1.29 is 0 Å². The SMILES string of the molecule is CN[C@@H]1CCC[C@H]1CN. The van der Waals surface area contributed by atoms with Crippen molar-refractivity contribution in [1.82, 2.24) is 5.32 Å². The van der Waals surface area contributed by atoms with Crippen LogP contribution in [0.25, 0.3) is 0 Å². The Kier molecular flexibility index (Phi) is 2.49. The van der Waals surface area contributed by atoms with Crippen LogP contribution in [0.5, 0.6) is 0 Å². The van der Waals surface area contributed by atoms with E-state index < -0.39 is 0 Å². The summed E-state index contributed by atoms with van der Waals surface area (Å²) in [5, 5.41) is 3.28. The fourth-order valence-corrected chi connectivity index (χ4v) is 1.70. The summed E-state index contributed by atoms with van der Waals surface area (Å²) >= 11 is 0. The standard InChI is InChI=1S/C7H16N2/c1-9-7-4-2-3-6(7)5-8/h6-7,9H,2-5,8H2,1H3/t6-,7+/m0/s1. The molecule has 0 aliphatic heterocycles. The number of nitrogens with one attached hydrogen (secondary N) is 1. The first-order valence-electron chi connectivity index (χ1n) is 3.76. The van der Waals surface area contributed by atoms with Gasteiger partial charge in [-0.3, -0.25) is 0 Å². The maximum atomic E-state index is 5.56. The Hall–Kier alpha value is -0.0800. The maximum absolute atomic E-state index is 5.56. The van der Waals surface area contributed by atoms with Crippen molar-refractivity contribution in [3.8, 4) is 0 Å². The maximum Gasteiger partial charge on any atom is 0.0104 e. The third-order valence-corrected chi connectivity index (χ3v) is 2.33. The molecule has 1 rings (SSSR count). The lowest BCUT2D eigenvalue weighted by Crippen LogP contribution is -2.33. The van der Waals surface area contributed by atoms with Crippen molar-refractivity contribution in [3.05, 3.63) is 0 Å². The van der Waals surface area contributed by atoms with Crippen LogP contribution in [0.1, 0.15) is 19.3 Å². The fourth-order valence-electron chi connectivity index (χ4n) is 1.70. The van der Waals surface area contributed by atoms with Gasteiger partial charge in [-0.05, 0) is 32.4 Å². The summed E-state index contributed by atoms with van der Waals surface area (Å²) in [4.78, 5) is 0. The van der Waals surface area contributed by atoms with E-state index in [0.717, 1.165) is 12.5 Å². The summed E-state index contributed by atoms with van der Waals surface area (Å²) in [5.74, 6) is 0.745. The van der Waals surface area contributed by atoms with Gasteiger partial charge in [-0.15, -0.1) is 0 Å². The molecule has 2 heteroatoms. The van der Waals surface area contributed by atoms with Gasteiger partial charge in [0.2, 0.25) is 0 Å². The normalized spacial score (nSPS) is 35.3. The Balaban J connectivity index is 2.32. The van der Waals surface area contributed by atoms with Crippen molar-refractivity contribution in [1.29, 1.82) is 0 Å². The zero-order valence-electron chi connectivity index (χ0n) is 6.06. The fraction of sp³-hybridized carbons (Fsp3) is 1.00. The summed E-state index contributed by atoms with van der Waals surface area (Å²) in [5.41, 5.74) is 5.56. The third kappa shape index (κ3) is 1.43. The third-order valence-electron chi connectivity index (χ3n) is 2.33. The molecule has 0 aromatic carbocycles. The van der Waals surface area contributed by atoms with Crippen molar-refractivity contribution in [2.24, 2.45) is 11.7 Å². The molecular weight excluding hydrogens is 112 g/mol. The molecule has 0 spiro atoms. The van der Waals surface area contributed by atoms with Crippen LogP contribution in [0.2, 0.25) is 0 Å². The number of hydrogen-bond donors (Lipinski definition) is 2. The van der Waals surface area contributed by atoms with Crippen molar-refractivity contribution in [2.75, 3.05) is 13.6 Å². The Labute approximate surface area is 56.8 Å². The van der Waals surface area contributed by atoms with E-state index in [0.29, 0.717) is 6.04 Å². The minimum absolute atomic E-state index is 0.704. The second kappa shape index (κ2) is 3.18. The molecule has 0 unspecified atom stereocenters. The molecule has 0 aromatic rings.